The average Bonchev–Trinajstić information content (AvgIpc) is 2.82. The molecule has 4 heteroatoms. The maximum absolute atomic E-state index is 4.55. The molecule has 2 rings (SSSR count). The molecule has 0 amide bonds. The fourth-order valence-corrected chi connectivity index (χ4v) is 1.64. The molecule has 0 aromatic carbocycles. The highest BCUT2D eigenvalue weighted by Gasteiger charge is 2.03. The van der Waals surface area contributed by atoms with Gasteiger partial charge in [-0.05, 0) is 37.2 Å². The van der Waals surface area contributed by atoms with Crippen molar-refractivity contribution in [1.29, 1.82) is 0 Å². The molecule has 0 aliphatic heterocycles. The van der Waals surface area contributed by atoms with E-state index in [0.717, 1.165) is 24.5 Å². The molecule has 0 saturated carbocycles. The lowest BCUT2D eigenvalue weighted by Crippen LogP contribution is -2.08. The van der Waals surface area contributed by atoms with E-state index in [1.807, 2.05) is 19.3 Å². The summed E-state index contributed by atoms with van der Waals surface area (Å²) in [7, 11) is 1.94. The molecule has 2 aromatic rings. The highest BCUT2D eigenvalue weighted by molar-refractivity contribution is 5.30. The minimum atomic E-state index is 0.851. The van der Waals surface area contributed by atoms with Gasteiger partial charge >= 0.3 is 0 Å². The van der Waals surface area contributed by atoms with Crippen LogP contribution in [0.2, 0.25) is 0 Å². The molecule has 0 saturated heterocycles. The van der Waals surface area contributed by atoms with Gasteiger partial charge in [-0.3, -0.25) is 0 Å². The van der Waals surface area contributed by atoms with E-state index < -0.39 is 0 Å². The maximum Gasteiger partial charge on any atom is 0.153 e. The summed E-state index contributed by atoms with van der Waals surface area (Å²) in [6.45, 7) is 2.96. The van der Waals surface area contributed by atoms with E-state index in [4.69, 9.17) is 0 Å². The van der Waals surface area contributed by atoms with Crippen LogP contribution in [0.5, 0.6) is 0 Å². The van der Waals surface area contributed by atoms with Gasteiger partial charge in [0.05, 0.1) is 0 Å². The molecular formula is C12H16N4. The smallest absolute Gasteiger partial charge is 0.153 e. The van der Waals surface area contributed by atoms with Crippen LogP contribution in [0.15, 0.2) is 30.6 Å². The van der Waals surface area contributed by atoms with Crippen molar-refractivity contribution in [3.05, 3.63) is 41.9 Å². The highest BCUT2D eigenvalue weighted by Crippen LogP contribution is 2.10. The van der Waals surface area contributed by atoms with Gasteiger partial charge in [0.25, 0.3) is 0 Å². The van der Waals surface area contributed by atoms with Crippen LogP contribution in [0.4, 0.5) is 0 Å². The molecule has 0 aliphatic rings. The van der Waals surface area contributed by atoms with Gasteiger partial charge in [-0.25, -0.2) is 9.67 Å². The number of nitrogens with zero attached hydrogens (tertiary/aromatic N) is 3. The van der Waals surface area contributed by atoms with Gasteiger partial charge in [0, 0.05) is 24.6 Å². The highest BCUT2D eigenvalue weighted by atomic mass is 15.3. The van der Waals surface area contributed by atoms with Gasteiger partial charge in [-0.2, -0.15) is 5.10 Å². The van der Waals surface area contributed by atoms with E-state index in [-0.39, 0.29) is 0 Å². The molecule has 0 radical (unpaired) electrons. The summed E-state index contributed by atoms with van der Waals surface area (Å²) in [4.78, 5) is 4.55. The Kier molecular flexibility index (Phi) is 3.31. The number of aryl methyl sites for hydroxylation is 1. The summed E-state index contributed by atoms with van der Waals surface area (Å²) in [5.74, 6) is 0.884. The Morgan fingerprint density at radius 2 is 2.25 bits per heavy atom. The predicted octanol–water partition coefficient (Wildman–Crippen LogP) is 1.55. The van der Waals surface area contributed by atoms with Crippen LogP contribution in [0.25, 0.3) is 5.82 Å². The maximum atomic E-state index is 4.55. The number of aromatic nitrogens is 3. The van der Waals surface area contributed by atoms with Gasteiger partial charge in [-0.1, -0.05) is 6.92 Å². The third-order valence-corrected chi connectivity index (χ3v) is 2.41. The first-order valence-electron chi connectivity index (χ1n) is 5.48. The SMILES string of the molecule is CCc1cc(CNC)cc(-n2cccn2)n1. The Balaban J connectivity index is 2.41. The van der Waals surface area contributed by atoms with E-state index >= 15 is 0 Å². The minimum absolute atomic E-state index is 0.851. The molecule has 0 unspecified atom stereocenters. The number of hydrogen-bond donors (Lipinski definition) is 1. The van der Waals surface area contributed by atoms with Crippen molar-refractivity contribution in [3.63, 3.8) is 0 Å². The Morgan fingerprint density at radius 1 is 1.38 bits per heavy atom. The molecular weight excluding hydrogens is 200 g/mol. The largest absolute Gasteiger partial charge is 0.316 e. The lowest BCUT2D eigenvalue weighted by atomic mass is 10.2. The Hall–Kier alpha value is -1.68. The third-order valence-electron chi connectivity index (χ3n) is 2.41. The van der Waals surface area contributed by atoms with Gasteiger partial charge in [0.1, 0.15) is 0 Å². The second-order valence-electron chi connectivity index (χ2n) is 3.66. The van der Waals surface area contributed by atoms with E-state index in [1.54, 1.807) is 10.9 Å². The summed E-state index contributed by atoms with van der Waals surface area (Å²) in [6, 6.07) is 6.09. The van der Waals surface area contributed by atoms with Crippen LogP contribution < -0.4 is 5.32 Å². The Bertz CT molecular complexity index is 448. The van der Waals surface area contributed by atoms with Crippen LogP contribution in [0.1, 0.15) is 18.2 Å². The first-order chi connectivity index (χ1) is 7.83. The first-order valence-corrected chi connectivity index (χ1v) is 5.48. The first kappa shape index (κ1) is 10.8. The van der Waals surface area contributed by atoms with Crippen molar-refractivity contribution in [2.24, 2.45) is 0 Å². The van der Waals surface area contributed by atoms with Gasteiger partial charge in [0.2, 0.25) is 0 Å². The molecule has 1 N–H and O–H groups in total. The summed E-state index contributed by atoms with van der Waals surface area (Å²) in [5.41, 5.74) is 2.33. The standard InChI is InChI=1S/C12H16N4/c1-3-11-7-10(9-13-2)8-12(15-11)16-6-4-5-14-16/h4-8,13H,3,9H2,1-2H3. The van der Waals surface area contributed by atoms with Crippen LogP contribution in [0.3, 0.4) is 0 Å². The lowest BCUT2D eigenvalue weighted by Gasteiger charge is -2.07. The molecule has 0 fully saturated rings. The zero-order valence-corrected chi connectivity index (χ0v) is 9.64. The van der Waals surface area contributed by atoms with Crippen LogP contribution in [0, 0.1) is 0 Å². The second kappa shape index (κ2) is 4.90. The molecule has 0 aliphatic carbocycles. The zero-order valence-electron chi connectivity index (χ0n) is 9.64. The van der Waals surface area contributed by atoms with Gasteiger partial charge < -0.3 is 5.32 Å². The molecule has 4 nitrogen and oxygen atoms in total. The van der Waals surface area contributed by atoms with E-state index in [0.29, 0.717) is 0 Å². The fourth-order valence-electron chi connectivity index (χ4n) is 1.64. The van der Waals surface area contributed by atoms with Crippen molar-refractivity contribution >= 4 is 0 Å². The van der Waals surface area contributed by atoms with Crippen LogP contribution in [-0.2, 0) is 13.0 Å². The van der Waals surface area contributed by atoms with Gasteiger partial charge in [0.15, 0.2) is 5.82 Å². The minimum Gasteiger partial charge on any atom is -0.316 e. The third kappa shape index (κ3) is 2.28. The lowest BCUT2D eigenvalue weighted by molar-refractivity contribution is 0.791. The molecule has 2 aromatic heterocycles. The molecule has 2 heterocycles. The topological polar surface area (TPSA) is 42.7 Å². The van der Waals surface area contributed by atoms with Crippen LogP contribution >= 0.6 is 0 Å². The monoisotopic (exact) mass is 216 g/mol. The summed E-state index contributed by atoms with van der Waals surface area (Å²) in [5, 5.41) is 7.35. The van der Waals surface area contributed by atoms with Crippen molar-refractivity contribution < 1.29 is 0 Å². The zero-order chi connectivity index (χ0) is 11.4. The second-order valence-corrected chi connectivity index (χ2v) is 3.66. The summed E-state index contributed by atoms with van der Waals surface area (Å²) >= 11 is 0. The van der Waals surface area contributed by atoms with E-state index in [9.17, 15) is 0 Å². The van der Waals surface area contributed by atoms with E-state index in [1.165, 1.54) is 5.56 Å². The van der Waals surface area contributed by atoms with Crippen molar-refractivity contribution in [2.75, 3.05) is 7.05 Å². The number of rotatable bonds is 4. The number of hydrogen-bond acceptors (Lipinski definition) is 3. The van der Waals surface area contributed by atoms with E-state index in [2.05, 4.69) is 34.5 Å². The summed E-state index contributed by atoms with van der Waals surface area (Å²) < 4.78 is 1.79. The van der Waals surface area contributed by atoms with Crippen molar-refractivity contribution in [2.45, 2.75) is 19.9 Å². The molecule has 0 spiro atoms. The Labute approximate surface area is 95.3 Å². The molecule has 16 heavy (non-hydrogen) atoms. The predicted molar refractivity (Wildman–Crippen MR) is 63.5 cm³/mol. The molecule has 84 valence electrons. The summed E-state index contributed by atoms with van der Waals surface area (Å²) in [6.07, 6.45) is 4.61. The van der Waals surface area contributed by atoms with Crippen molar-refractivity contribution in [3.8, 4) is 5.82 Å². The Morgan fingerprint density at radius 3 is 2.88 bits per heavy atom. The van der Waals surface area contributed by atoms with Crippen LogP contribution in [-0.4, -0.2) is 21.8 Å². The average molecular weight is 216 g/mol. The molecule has 0 atom stereocenters. The fraction of sp³-hybridized carbons (Fsp3) is 0.333. The normalized spacial score (nSPS) is 10.6. The van der Waals surface area contributed by atoms with Crippen molar-refractivity contribution in [1.82, 2.24) is 20.1 Å². The number of pyridine rings is 1. The van der Waals surface area contributed by atoms with Gasteiger partial charge in [-0.15, -0.1) is 0 Å². The number of nitrogens with one attached hydrogen (secondary N) is 1. The molecule has 0 bridgehead atoms. The quantitative estimate of drug-likeness (QED) is 0.843.